The second-order valence-electron chi connectivity index (χ2n) is 4.86. The molecule has 0 aromatic heterocycles. The Labute approximate surface area is 143 Å². The molecule has 0 saturated heterocycles. The monoisotopic (exact) mass is 381 g/mol. The SMILES string of the molecule is CC(Oc1ccc(Cl)cc1Br)C(=O)NCCc1ccccc1. The second kappa shape index (κ2) is 8.20. The second-order valence-corrected chi connectivity index (χ2v) is 6.15. The molecule has 0 spiro atoms. The Balaban J connectivity index is 1.82. The summed E-state index contributed by atoms with van der Waals surface area (Å²) in [7, 11) is 0. The van der Waals surface area contributed by atoms with Crippen molar-refractivity contribution in [2.24, 2.45) is 0 Å². The fourth-order valence-electron chi connectivity index (χ4n) is 1.93. The summed E-state index contributed by atoms with van der Waals surface area (Å²) in [6.45, 7) is 2.30. The Morgan fingerprint density at radius 3 is 2.68 bits per heavy atom. The van der Waals surface area contributed by atoms with E-state index in [0.717, 1.165) is 10.9 Å². The van der Waals surface area contributed by atoms with Crippen molar-refractivity contribution in [3.63, 3.8) is 0 Å². The topological polar surface area (TPSA) is 38.3 Å². The van der Waals surface area contributed by atoms with Gasteiger partial charge in [0.1, 0.15) is 5.75 Å². The Morgan fingerprint density at radius 1 is 1.27 bits per heavy atom. The maximum absolute atomic E-state index is 12.0. The van der Waals surface area contributed by atoms with Crippen LogP contribution in [0, 0.1) is 0 Å². The van der Waals surface area contributed by atoms with Gasteiger partial charge in [0.2, 0.25) is 0 Å². The summed E-state index contributed by atoms with van der Waals surface area (Å²) in [4.78, 5) is 12.0. The molecule has 0 radical (unpaired) electrons. The van der Waals surface area contributed by atoms with Gasteiger partial charge >= 0.3 is 0 Å². The van der Waals surface area contributed by atoms with E-state index in [9.17, 15) is 4.79 Å². The lowest BCUT2D eigenvalue weighted by Crippen LogP contribution is -2.37. The van der Waals surface area contributed by atoms with E-state index in [1.165, 1.54) is 5.56 Å². The van der Waals surface area contributed by atoms with Gasteiger partial charge in [-0.25, -0.2) is 0 Å². The average molecular weight is 383 g/mol. The summed E-state index contributed by atoms with van der Waals surface area (Å²) < 4.78 is 6.37. The van der Waals surface area contributed by atoms with Crippen molar-refractivity contribution < 1.29 is 9.53 Å². The summed E-state index contributed by atoms with van der Waals surface area (Å²) in [6.07, 6.45) is 0.220. The van der Waals surface area contributed by atoms with E-state index >= 15 is 0 Å². The average Bonchev–Trinajstić information content (AvgIpc) is 2.51. The smallest absolute Gasteiger partial charge is 0.260 e. The molecule has 0 fully saturated rings. The number of carbonyl (C=O) groups is 1. The third-order valence-corrected chi connectivity index (χ3v) is 3.98. The van der Waals surface area contributed by atoms with Gasteiger partial charge in [0.05, 0.1) is 4.47 Å². The van der Waals surface area contributed by atoms with Crippen LogP contribution in [-0.4, -0.2) is 18.6 Å². The zero-order valence-corrected chi connectivity index (χ0v) is 14.5. The third-order valence-electron chi connectivity index (χ3n) is 3.12. The van der Waals surface area contributed by atoms with Crippen LogP contribution in [0.3, 0.4) is 0 Å². The first-order valence-corrected chi connectivity index (χ1v) is 8.16. The minimum atomic E-state index is -0.576. The normalized spacial score (nSPS) is 11.8. The molecule has 0 heterocycles. The lowest BCUT2D eigenvalue weighted by molar-refractivity contribution is -0.127. The van der Waals surface area contributed by atoms with Crippen LogP contribution >= 0.6 is 27.5 Å². The maximum Gasteiger partial charge on any atom is 0.260 e. The van der Waals surface area contributed by atoms with E-state index in [2.05, 4.69) is 21.2 Å². The molecule has 22 heavy (non-hydrogen) atoms. The first-order chi connectivity index (χ1) is 10.6. The first-order valence-electron chi connectivity index (χ1n) is 6.99. The molecule has 1 N–H and O–H groups in total. The molecule has 5 heteroatoms. The molecule has 0 aliphatic rings. The van der Waals surface area contributed by atoms with Crippen LogP contribution in [0.25, 0.3) is 0 Å². The fourth-order valence-corrected chi connectivity index (χ4v) is 2.71. The molecule has 3 nitrogen and oxygen atoms in total. The number of halogens is 2. The molecule has 0 bridgehead atoms. The summed E-state index contributed by atoms with van der Waals surface area (Å²) in [6, 6.07) is 15.2. The number of hydrogen-bond donors (Lipinski definition) is 1. The molecular weight excluding hydrogens is 366 g/mol. The minimum Gasteiger partial charge on any atom is -0.480 e. The quantitative estimate of drug-likeness (QED) is 0.812. The van der Waals surface area contributed by atoms with E-state index in [4.69, 9.17) is 16.3 Å². The van der Waals surface area contributed by atoms with Crippen LogP contribution in [0.2, 0.25) is 5.02 Å². The zero-order valence-electron chi connectivity index (χ0n) is 12.2. The van der Waals surface area contributed by atoms with Crippen molar-refractivity contribution in [1.29, 1.82) is 0 Å². The van der Waals surface area contributed by atoms with Crippen LogP contribution in [0.15, 0.2) is 53.0 Å². The highest BCUT2D eigenvalue weighted by atomic mass is 79.9. The molecule has 116 valence electrons. The minimum absolute atomic E-state index is 0.141. The Morgan fingerprint density at radius 2 is 2.00 bits per heavy atom. The van der Waals surface area contributed by atoms with E-state index in [-0.39, 0.29) is 5.91 Å². The molecule has 1 unspecified atom stereocenters. The zero-order chi connectivity index (χ0) is 15.9. The number of nitrogens with one attached hydrogen (secondary N) is 1. The Bertz CT molecular complexity index is 634. The lowest BCUT2D eigenvalue weighted by Gasteiger charge is -2.16. The van der Waals surface area contributed by atoms with Gasteiger partial charge < -0.3 is 10.1 Å². The number of carbonyl (C=O) groups excluding carboxylic acids is 1. The van der Waals surface area contributed by atoms with E-state index in [1.54, 1.807) is 25.1 Å². The highest BCUT2D eigenvalue weighted by Gasteiger charge is 2.15. The lowest BCUT2D eigenvalue weighted by atomic mass is 10.1. The first kappa shape index (κ1) is 16.8. The van der Waals surface area contributed by atoms with Crippen LogP contribution in [0.5, 0.6) is 5.75 Å². The van der Waals surface area contributed by atoms with Crippen LogP contribution < -0.4 is 10.1 Å². The van der Waals surface area contributed by atoms with Gasteiger partial charge in [-0.15, -0.1) is 0 Å². The van der Waals surface area contributed by atoms with Gasteiger partial charge in [-0.2, -0.15) is 0 Å². The Hall–Kier alpha value is -1.52. The van der Waals surface area contributed by atoms with Crippen LogP contribution in [0.4, 0.5) is 0 Å². The van der Waals surface area contributed by atoms with Crippen molar-refractivity contribution in [2.45, 2.75) is 19.4 Å². The van der Waals surface area contributed by atoms with Crippen LogP contribution in [-0.2, 0) is 11.2 Å². The molecule has 2 aromatic carbocycles. The summed E-state index contributed by atoms with van der Waals surface area (Å²) >= 11 is 9.24. The van der Waals surface area contributed by atoms with E-state index < -0.39 is 6.10 Å². The number of ether oxygens (including phenoxy) is 1. The highest BCUT2D eigenvalue weighted by Crippen LogP contribution is 2.28. The molecular formula is C17H17BrClNO2. The van der Waals surface area contributed by atoms with Gasteiger partial charge in [0.25, 0.3) is 5.91 Å². The van der Waals surface area contributed by atoms with Crippen molar-refractivity contribution in [2.75, 3.05) is 6.54 Å². The molecule has 2 aromatic rings. The van der Waals surface area contributed by atoms with E-state index in [0.29, 0.717) is 17.3 Å². The van der Waals surface area contributed by atoms with Gasteiger partial charge in [0.15, 0.2) is 6.10 Å². The number of hydrogen-bond acceptors (Lipinski definition) is 2. The predicted molar refractivity (Wildman–Crippen MR) is 92.4 cm³/mol. The summed E-state index contributed by atoms with van der Waals surface area (Å²) in [5, 5.41) is 3.49. The predicted octanol–water partition coefficient (Wildman–Crippen LogP) is 4.23. The van der Waals surface area contributed by atoms with Gasteiger partial charge in [-0.1, -0.05) is 41.9 Å². The molecule has 0 saturated carbocycles. The number of benzene rings is 2. The largest absolute Gasteiger partial charge is 0.480 e. The molecule has 2 rings (SSSR count). The van der Waals surface area contributed by atoms with Gasteiger partial charge in [-0.05, 0) is 53.0 Å². The summed E-state index contributed by atoms with van der Waals surface area (Å²) in [5.74, 6) is 0.452. The van der Waals surface area contributed by atoms with Crippen molar-refractivity contribution in [3.8, 4) is 5.75 Å². The van der Waals surface area contributed by atoms with Crippen LogP contribution in [0.1, 0.15) is 12.5 Å². The molecule has 0 aliphatic heterocycles. The van der Waals surface area contributed by atoms with Gasteiger partial charge in [-0.3, -0.25) is 4.79 Å². The maximum atomic E-state index is 12.0. The van der Waals surface area contributed by atoms with Gasteiger partial charge in [0, 0.05) is 11.6 Å². The number of amides is 1. The van der Waals surface area contributed by atoms with Crippen molar-refractivity contribution in [1.82, 2.24) is 5.32 Å². The number of rotatable bonds is 6. The molecule has 1 atom stereocenters. The Kier molecular flexibility index (Phi) is 6.28. The van der Waals surface area contributed by atoms with Crippen molar-refractivity contribution in [3.05, 3.63) is 63.6 Å². The third kappa shape index (κ3) is 5.04. The standard InChI is InChI=1S/C17H17BrClNO2/c1-12(22-16-8-7-14(19)11-15(16)18)17(21)20-10-9-13-5-3-2-4-6-13/h2-8,11-12H,9-10H2,1H3,(H,20,21). The molecule has 1 amide bonds. The van der Waals surface area contributed by atoms with Crippen molar-refractivity contribution >= 4 is 33.4 Å². The molecule has 0 aliphatic carbocycles. The highest BCUT2D eigenvalue weighted by molar-refractivity contribution is 9.10. The summed E-state index contributed by atoms with van der Waals surface area (Å²) in [5.41, 5.74) is 1.19. The fraction of sp³-hybridized carbons (Fsp3) is 0.235. The van der Waals surface area contributed by atoms with E-state index in [1.807, 2.05) is 30.3 Å².